The summed E-state index contributed by atoms with van der Waals surface area (Å²) < 4.78 is 6.30. The Balaban J connectivity index is 1.84. The number of benzene rings is 2. The van der Waals surface area contributed by atoms with E-state index in [0.29, 0.717) is 23.5 Å². The molecule has 2 aromatic rings. The van der Waals surface area contributed by atoms with Gasteiger partial charge in [-0.15, -0.1) is 0 Å². The van der Waals surface area contributed by atoms with Crippen molar-refractivity contribution in [2.45, 2.75) is 20.3 Å². The number of hydrazine groups is 1. The molecule has 0 saturated carbocycles. The average molecular weight is 450 g/mol. The lowest BCUT2D eigenvalue weighted by molar-refractivity contribution is 0.0934. The number of carbonyl (C=O) groups is 2. The highest BCUT2D eigenvalue weighted by molar-refractivity contribution is 9.10. The van der Waals surface area contributed by atoms with Gasteiger partial charge in [0, 0.05) is 15.6 Å². The van der Waals surface area contributed by atoms with E-state index in [2.05, 4.69) is 32.1 Å². The number of rotatable bonds is 5. The highest BCUT2D eigenvalue weighted by atomic mass is 79.9. The van der Waals surface area contributed by atoms with E-state index in [4.69, 9.17) is 17.0 Å². The van der Waals surface area contributed by atoms with Gasteiger partial charge in [0.1, 0.15) is 5.75 Å². The second-order valence-corrected chi connectivity index (χ2v) is 6.96. The molecule has 3 N–H and O–H groups in total. The summed E-state index contributed by atoms with van der Waals surface area (Å²) in [5.41, 5.74) is 6.87. The summed E-state index contributed by atoms with van der Waals surface area (Å²) in [6, 6.07) is 12.0. The summed E-state index contributed by atoms with van der Waals surface area (Å²) in [5.74, 6) is -0.0581. The summed E-state index contributed by atoms with van der Waals surface area (Å²) >= 11 is 8.42. The van der Waals surface area contributed by atoms with Gasteiger partial charge >= 0.3 is 0 Å². The first-order chi connectivity index (χ1) is 12.9. The molecule has 0 fully saturated rings. The molecule has 0 atom stereocenters. The zero-order valence-electron chi connectivity index (χ0n) is 15.0. The molecule has 8 heteroatoms. The quantitative estimate of drug-likeness (QED) is 0.480. The maximum absolute atomic E-state index is 12.2. The van der Waals surface area contributed by atoms with Crippen molar-refractivity contribution >= 4 is 45.1 Å². The zero-order valence-corrected chi connectivity index (χ0v) is 17.4. The van der Waals surface area contributed by atoms with Gasteiger partial charge in [0.2, 0.25) is 0 Å². The average Bonchev–Trinajstić information content (AvgIpc) is 2.67. The van der Waals surface area contributed by atoms with Crippen LogP contribution in [0.3, 0.4) is 0 Å². The number of ether oxygens (including phenoxy) is 1. The van der Waals surface area contributed by atoms with E-state index in [9.17, 15) is 9.59 Å². The first-order valence-corrected chi connectivity index (χ1v) is 9.51. The lowest BCUT2D eigenvalue weighted by Gasteiger charge is -2.11. The molecule has 6 nitrogen and oxygen atoms in total. The van der Waals surface area contributed by atoms with Crippen LogP contribution in [0.4, 0.5) is 0 Å². The molecular formula is C19H20BrN3O3S. The van der Waals surface area contributed by atoms with Crippen LogP contribution in [0.2, 0.25) is 0 Å². The Morgan fingerprint density at radius 1 is 1.04 bits per heavy atom. The van der Waals surface area contributed by atoms with E-state index in [0.717, 1.165) is 16.5 Å². The molecule has 0 heterocycles. The highest BCUT2D eigenvalue weighted by Gasteiger charge is 2.10. The molecule has 0 spiro atoms. The summed E-state index contributed by atoms with van der Waals surface area (Å²) in [4.78, 5) is 24.3. The monoisotopic (exact) mass is 449 g/mol. The van der Waals surface area contributed by atoms with Crippen molar-refractivity contribution in [1.82, 2.24) is 16.2 Å². The van der Waals surface area contributed by atoms with Gasteiger partial charge in [-0.1, -0.05) is 28.9 Å². The first kappa shape index (κ1) is 20.9. The van der Waals surface area contributed by atoms with Gasteiger partial charge in [-0.25, -0.2) is 0 Å². The lowest BCUT2D eigenvalue weighted by Crippen LogP contribution is -2.48. The minimum absolute atomic E-state index is 0.00848. The van der Waals surface area contributed by atoms with Crippen LogP contribution in [0.25, 0.3) is 0 Å². The maximum Gasteiger partial charge on any atom is 0.269 e. The van der Waals surface area contributed by atoms with Crippen LogP contribution in [0.15, 0.2) is 46.9 Å². The van der Waals surface area contributed by atoms with Crippen LogP contribution in [-0.4, -0.2) is 23.5 Å². The summed E-state index contributed by atoms with van der Waals surface area (Å²) in [7, 11) is 0. The molecule has 0 aliphatic heterocycles. The van der Waals surface area contributed by atoms with Crippen molar-refractivity contribution in [1.29, 1.82) is 0 Å². The number of nitrogens with one attached hydrogen (secondary N) is 3. The molecule has 0 radical (unpaired) electrons. The summed E-state index contributed by atoms with van der Waals surface area (Å²) in [5, 5.41) is 2.49. The number of halogens is 1. The molecule has 2 amide bonds. The van der Waals surface area contributed by atoms with Crippen LogP contribution in [-0.2, 0) is 0 Å². The van der Waals surface area contributed by atoms with Crippen molar-refractivity contribution in [3.8, 4) is 5.75 Å². The molecule has 142 valence electrons. The third kappa shape index (κ3) is 6.33. The number of hydrogen-bond acceptors (Lipinski definition) is 4. The Kier molecular flexibility index (Phi) is 7.75. The van der Waals surface area contributed by atoms with Gasteiger partial charge in [-0.3, -0.25) is 25.8 Å². The molecule has 0 aliphatic rings. The van der Waals surface area contributed by atoms with Gasteiger partial charge in [0.05, 0.1) is 6.61 Å². The van der Waals surface area contributed by atoms with Crippen molar-refractivity contribution in [2.24, 2.45) is 0 Å². The summed E-state index contributed by atoms with van der Waals surface area (Å²) in [6.07, 6.45) is 0.910. The third-order valence-electron chi connectivity index (χ3n) is 3.54. The third-order valence-corrected chi connectivity index (χ3v) is 4.60. The van der Waals surface area contributed by atoms with E-state index < -0.39 is 0 Å². The Morgan fingerprint density at radius 3 is 2.33 bits per heavy atom. The highest BCUT2D eigenvalue weighted by Crippen LogP contribution is 2.17. The number of amides is 2. The second kappa shape index (κ2) is 10.0. The fourth-order valence-corrected chi connectivity index (χ4v) is 2.57. The second-order valence-electron chi connectivity index (χ2n) is 5.70. The van der Waals surface area contributed by atoms with E-state index in [1.165, 1.54) is 0 Å². The molecule has 2 aromatic carbocycles. The van der Waals surface area contributed by atoms with Gasteiger partial charge < -0.3 is 4.74 Å². The Hall–Kier alpha value is -2.45. The lowest BCUT2D eigenvalue weighted by atomic mass is 10.1. The van der Waals surface area contributed by atoms with Gasteiger partial charge in [0.25, 0.3) is 11.8 Å². The molecular weight excluding hydrogens is 430 g/mol. The van der Waals surface area contributed by atoms with Crippen molar-refractivity contribution in [3.63, 3.8) is 0 Å². The zero-order chi connectivity index (χ0) is 19.8. The minimum atomic E-state index is -0.387. The van der Waals surface area contributed by atoms with Crippen molar-refractivity contribution in [3.05, 3.63) is 63.6 Å². The largest absolute Gasteiger partial charge is 0.494 e. The predicted molar refractivity (Wildman–Crippen MR) is 112 cm³/mol. The van der Waals surface area contributed by atoms with Gasteiger partial charge in [-0.2, -0.15) is 0 Å². The van der Waals surface area contributed by atoms with Crippen LogP contribution < -0.4 is 20.9 Å². The van der Waals surface area contributed by atoms with Crippen molar-refractivity contribution < 1.29 is 14.3 Å². The Bertz CT molecular complexity index is 841. The molecule has 0 unspecified atom stereocenters. The van der Waals surface area contributed by atoms with E-state index in [1.54, 1.807) is 36.4 Å². The summed E-state index contributed by atoms with van der Waals surface area (Å²) in [6.45, 7) is 4.57. The smallest absolute Gasteiger partial charge is 0.269 e. The fourth-order valence-electron chi connectivity index (χ4n) is 2.05. The van der Waals surface area contributed by atoms with Crippen LogP contribution in [0.5, 0.6) is 5.75 Å². The van der Waals surface area contributed by atoms with Crippen molar-refractivity contribution in [2.75, 3.05) is 6.61 Å². The number of thiocarbonyl (C=S) groups is 1. The van der Waals surface area contributed by atoms with E-state index in [1.807, 2.05) is 19.9 Å². The molecule has 27 heavy (non-hydrogen) atoms. The van der Waals surface area contributed by atoms with Gasteiger partial charge in [-0.05, 0) is 67.5 Å². The van der Waals surface area contributed by atoms with Crippen LogP contribution in [0.1, 0.15) is 39.6 Å². The molecule has 2 rings (SSSR count). The topological polar surface area (TPSA) is 79.5 Å². The fraction of sp³-hybridized carbons (Fsp3) is 0.211. The standard InChI is InChI=1S/C19H20BrN3O3S/c1-3-10-26-15-8-6-13(7-9-15)17(24)21-19(27)23-22-18(25)14-5-4-12(2)16(20)11-14/h4-9,11H,3,10H2,1-2H3,(H,22,25)(H2,21,23,24,27). The number of aryl methyl sites for hydroxylation is 1. The van der Waals surface area contributed by atoms with E-state index >= 15 is 0 Å². The minimum Gasteiger partial charge on any atom is -0.494 e. The molecule has 0 saturated heterocycles. The predicted octanol–water partition coefficient (Wildman–Crippen LogP) is 3.50. The normalized spacial score (nSPS) is 10.0. The SMILES string of the molecule is CCCOc1ccc(C(=O)NC(=S)NNC(=O)c2ccc(C)c(Br)c2)cc1. The Labute approximate surface area is 171 Å². The van der Waals surface area contributed by atoms with E-state index in [-0.39, 0.29) is 16.9 Å². The number of carbonyl (C=O) groups excluding carboxylic acids is 2. The molecule has 0 aliphatic carbocycles. The molecule has 0 bridgehead atoms. The first-order valence-electron chi connectivity index (χ1n) is 8.31. The van der Waals surface area contributed by atoms with Gasteiger partial charge in [0.15, 0.2) is 5.11 Å². The number of hydrogen-bond donors (Lipinski definition) is 3. The van der Waals surface area contributed by atoms with Crippen LogP contribution >= 0.6 is 28.1 Å². The molecule has 0 aromatic heterocycles. The maximum atomic E-state index is 12.2. The van der Waals surface area contributed by atoms with Crippen LogP contribution in [0, 0.1) is 6.92 Å². The Morgan fingerprint density at radius 2 is 1.70 bits per heavy atom.